The highest BCUT2D eigenvalue weighted by Gasteiger charge is 2.47. The molecule has 3 aliphatic heterocycles. The average molecular weight is 335 g/mol. The molecule has 1 atom stereocenters. The second kappa shape index (κ2) is 6.19. The van der Waals surface area contributed by atoms with Crippen molar-refractivity contribution < 1.29 is 24.4 Å². The van der Waals surface area contributed by atoms with Crippen LogP contribution in [0.5, 0.6) is 11.5 Å². The Morgan fingerprint density at radius 1 is 1.08 bits per heavy atom. The maximum Gasteiger partial charge on any atom is 0.265 e. The molecule has 4 rings (SSSR count). The Kier molecular flexibility index (Phi) is 4.16. The van der Waals surface area contributed by atoms with Crippen LogP contribution in [0.25, 0.3) is 0 Å². The predicted molar refractivity (Wildman–Crippen MR) is 87.1 cm³/mol. The third-order valence-corrected chi connectivity index (χ3v) is 5.22. The van der Waals surface area contributed by atoms with Gasteiger partial charge in [0.1, 0.15) is 0 Å². The molecular weight excluding hydrogens is 310 g/mol. The van der Waals surface area contributed by atoms with Gasteiger partial charge >= 0.3 is 0 Å². The van der Waals surface area contributed by atoms with Gasteiger partial charge in [-0.2, -0.15) is 0 Å². The Morgan fingerprint density at radius 2 is 1.75 bits per heavy atom. The fourth-order valence-corrected chi connectivity index (χ4v) is 3.95. The van der Waals surface area contributed by atoms with Crippen LogP contribution in [-0.2, 0) is 4.74 Å². The minimum absolute atomic E-state index is 0.391. The van der Waals surface area contributed by atoms with Crippen molar-refractivity contribution in [2.45, 2.75) is 43.2 Å². The standard InChI is InChI=1S/C18H25NO5/c20-14(11-17(21)6-9-22-10-7-17)12-19-8-5-18(13-19)23-15-3-1-2-4-16(15)24-18/h1-4,14,20-21H,5-13H2. The number of aliphatic hydroxyl groups is 2. The molecule has 3 heterocycles. The van der Waals surface area contributed by atoms with Crippen LogP contribution in [0.1, 0.15) is 25.7 Å². The highest BCUT2D eigenvalue weighted by atomic mass is 16.7. The second-order valence-corrected chi connectivity index (χ2v) is 7.24. The fraction of sp³-hybridized carbons (Fsp3) is 0.667. The van der Waals surface area contributed by atoms with Gasteiger partial charge in [0.2, 0.25) is 0 Å². The average Bonchev–Trinajstić information content (AvgIpc) is 3.10. The fourth-order valence-electron chi connectivity index (χ4n) is 3.95. The molecule has 2 fully saturated rings. The van der Waals surface area contributed by atoms with Gasteiger partial charge in [-0.25, -0.2) is 0 Å². The van der Waals surface area contributed by atoms with Gasteiger partial charge in [-0.1, -0.05) is 12.1 Å². The quantitative estimate of drug-likeness (QED) is 0.860. The molecule has 3 aliphatic rings. The Labute approximate surface area is 141 Å². The summed E-state index contributed by atoms with van der Waals surface area (Å²) < 4.78 is 17.3. The van der Waals surface area contributed by atoms with Gasteiger partial charge in [-0.3, -0.25) is 4.90 Å². The van der Waals surface area contributed by atoms with Crippen LogP contribution in [0.3, 0.4) is 0 Å². The number of fused-ring (bicyclic) bond motifs is 1. The van der Waals surface area contributed by atoms with Gasteiger partial charge in [0.25, 0.3) is 5.79 Å². The lowest BCUT2D eigenvalue weighted by Gasteiger charge is -2.34. The van der Waals surface area contributed by atoms with E-state index in [1.54, 1.807) is 0 Å². The van der Waals surface area contributed by atoms with E-state index < -0.39 is 17.5 Å². The molecule has 6 heteroatoms. The van der Waals surface area contributed by atoms with Crippen LogP contribution in [0.4, 0.5) is 0 Å². The predicted octanol–water partition coefficient (Wildman–Crippen LogP) is 1.15. The van der Waals surface area contributed by atoms with Crippen molar-refractivity contribution in [3.05, 3.63) is 24.3 Å². The van der Waals surface area contributed by atoms with Crippen LogP contribution in [0.15, 0.2) is 24.3 Å². The normalized spacial score (nSPS) is 25.9. The molecule has 0 saturated carbocycles. The summed E-state index contributed by atoms with van der Waals surface area (Å²) in [5.41, 5.74) is -0.800. The van der Waals surface area contributed by atoms with Gasteiger partial charge in [-0.05, 0) is 25.0 Å². The molecule has 0 aromatic heterocycles. The summed E-state index contributed by atoms with van der Waals surface area (Å²) in [5, 5.41) is 20.9. The molecule has 6 nitrogen and oxygen atoms in total. The van der Waals surface area contributed by atoms with Crippen LogP contribution >= 0.6 is 0 Å². The molecule has 24 heavy (non-hydrogen) atoms. The Morgan fingerprint density at radius 3 is 2.42 bits per heavy atom. The summed E-state index contributed by atoms with van der Waals surface area (Å²) in [5.74, 6) is 0.951. The molecular formula is C18H25NO5. The molecule has 0 aliphatic carbocycles. The molecule has 1 aromatic carbocycles. The molecule has 1 unspecified atom stereocenters. The number of β-amino-alcohol motifs (C(OH)–C–C–N with tert-alkyl or cyclic N) is 1. The van der Waals surface area contributed by atoms with E-state index in [9.17, 15) is 10.2 Å². The van der Waals surface area contributed by atoms with E-state index in [1.807, 2.05) is 24.3 Å². The summed E-state index contributed by atoms with van der Waals surface area (Å²) >= 11 is 0. The monoisotopic (exact) mass is 335 g/mol. The number of para-hydroxylation sites is 2. The van der Waals surface area contributed by atoms with Crippen molar-refractivity contribution in [3.8, 4) is 11.5 Å². The van der Waals surface area contributed by atoms with Gasteiger partial charge < -0.3 is 24.4 Å². The second-order valence-electron chi connectivity index (χ2n) is 7.24. The highest BCUT2D eigenvalue weighted by molar-refractivity contribution is 5.43. The minimum atomic E-state index is -0.800. The van der Waals surface area contributed by atoms with E-state index in [-0.39, 0.29) is 0 Å². The lowest BCUT2D eigenvalue weighted by Crippen LogP contribution is -2.45. The van der Waals surface area contributed by atoms with Gasteiger partial charge in [-0.15, -0.1) is 0 Å². The van der Waals surface area contributed by atoms with Crippen LogP contribution < -0.4 is 9.47 Å². The summed E-state index contributed by atoms with van der Waals surface area (Å²) in [6.45, 7) is 3.09. The van der Waals surface area contributed by atoms with Gasteiger partial charge in [0, 0.05) is 39.1 Å². The number of hydrogen-bond donors (Lipinski definition) is 2. The number of aliphatic hydroxyl groups excluding tert-OH is 1. The maximum absolute atomic E-state index is 10.5. The van der Waals surface area contributed by atoms with Crippen LogP contribution in [0, 0.1) is 0 Å². The molecule has 132 valence electrons. The number of hydrogen-bond acceptors (Lipinski definition) is 6. The lowest BCUT2D eigenvalue weighted by atomic mass is 9.88. The number of rotatable bonds is 4. The zero-order valence-electron chi connectivity index (χ0n) is 13.8. The largest absolute Gasteiger partial charge is 0.447 e. The van der Waals surface area contributed by atoms with E-state index in [1.165, 1.54) is 0 Å². The van der Waals surface area contributed by atoms with Crippen molar-refractivity contribution in [1.29, 1.82) is 0 Å². The van der Waals surface area contributed by atoms with Crippen molar-refractivity contribution in [2.24, 2.45) is 0 Å². The number of likely N-dealkylation sites (tertiary alicyclic amines) is 1. The Bertz CT molecular complexity index is 562. The lowest BCUT2D eigenvalue weighted by molar-refractivity contribution is -0.0918. The Hall–Kier alpha value is -1.34. The smallest absolute Gasteiger partial charge is 0.265 e. The summed E-state index contributed by atoms with van der Waals surface area (Å²) in [7, 11) is 0. The first-order valence-corrected chi connectivity index (χ1v) is 8.74. The third kappa shape index (κ3) is 3.24. The first-order valence-electron chi connectivity index (χ1n) is 8.74. The molecule has 2 N–H and O–H groups in total. The van der Waals surface area contributed by atoms with Crippen molar-refractivity contribution in [3.63, 3.8) is 0 Å². The minimum Gasteiger partial charge on any atom is -0.447 e. The first-order chi connectivity index (χ1) is 11.6. The van der Waals surface area contributed by atoms with Crippen molar-refractivity contribution in [1.82, 2.24) is 4.90 Å². The SMILES string of the molecule is OC(CN1CCC2(C1)Oc1ccccc1O2)CC1(O)CCOCC1. The van der Waals surface area contributed by atoms with Crippen LogP contribution in [-0.4, -0.2) is 65.5 Å². The van der Waals surface area contributed by atoms with Crippen molar-refractivity contribution >= 4 is 0 Å². The topological polar surface area (TPSA) is 71.4 Å². The first kappa shape index (κ1) is 16.1. The van der Waals surface area contributed by atoms with E-state index in [2.05, 4.69) is 4.90 Å². The number of benzene rings is 1. The van der Waals surface area contributed by atoms with Gasteiger partial charge in [0.15, 0.2) is 11.5 Å². The van der Waals surface area contributed by atoms with E-state index in [0.717, 1.165) is 24.5 Å². The molecule has 0 radical (unpaired) electrons. The van der Waals surface area contributed by atoms with E-state index >= 15 is 0 Å². The third-order valence-electron chi connectivity index (χ3n) is 5.22. The summed E-state index contributed by atoms with van der Waals surface area (Å²) in [6.07, 6.45) is 1.78. The van der Waals surface area contributed by atoms with Gasteiger partial charge in [0.05, 0.1) is 18.2 Å². The van der Waals surface area contributed by atoms with E-state index in [0.29, 0.717) is 45.6 Å². The number of nitrogens with zero attached hydrogens (tertiary/aromatic N) is 1. The maximum atomic E-state index is 10.5. The highest BCUT2D eigenvalue weighted by Crippen LogP contribution is 2.42. The zero-order valence-corrected chi connectivity index (χ0v) is 13.8. The molecule has 1 aromatic rings. The molecule has 0 amide bonds. The zero-order chi connectivity index (χ0) is 16.6. The van der Waals surface area contributed by atoms with Crippen LogP contribution in [0.2, 0.25) is 0 Å². The molecule has 0 bridgehead atoms. The summed E-state index contributed by atoms with van der Waals surface area (Å²) in [4.78, 5) is 2.15. The Balaban J connectivity index is 1.31. The van der Waals surface area contributed by atoms with Crippen molar-refractivity contribution in [2.75, 3.05) is 32.8 Å². The molecule has 1 spiro atoms. The summed E-state index contributed by atoms with van der Waals surface area (Å²) in [6, 6.07) is 7.71. The number of ether oxygens (including phenoxy) is 3. The van der Waals surface area contributed by atoms with E-state index in [4.69, 9.17) is 14.2 Å². The molecule has 2 saturated heterocycles.